The van der Waals surface area contributed by atoms with E-state index < -0.39 is 23.3 Å². The molecule has 0 aliphatic rings. The van der Waals surface area contributed by atoms with Crippen molar-refractivity contribution in [3.63, 3.8) is 0 Å². The standard InChI is InChI=1S/C8H18O5.C6H14O3.3C4H6O2/c9-1-3-11-5-7-13-8-6-12-4-2-10;1-2-6(3-7,4-8)5-9;3*1-3(2)4(5)6/h9-10H,1-8H2;7-9H,2-5H2,1H3;3*1H2,2H3,(H,5,6). The Labute approximate surface area is 236 Å². The summed E-state index contributed by atoms with van der Waals surface area (Å²) in [5, 5.41) is 66.4. The van der Waals surface area contributed by atoms with Gasteiger partial charge in [-0.15, -0.1) is 0 Å². The first-order valence-corrected chi connectivity index (χ1v) is 12.0. The predicted octanol–water partition coefficient (Wildman–Crippen LogP) is 0.322. The van der Waals surface area contributed by atoms with E-state index in [2.05, 4.69) is 19.7 Å². The van der Waals surface area contributed by atoms with E-state index in [0.29, 0.717) is 46.1 Å². The fourth-order valence-corrected chi connectivity index (χ4v) is 1.16. The summed E-state index contributed by atoms with van der Waals surface area (Å²) >= 11 is 0. The Morgan fingerprint density at radius 3 is 0.850 bits per heavy atom. The van der Waals surface area contributed by atoms with Crippen LogP contribution in [0.5, 0.6) is 0 Å². The third kappa shape index (κ3) is 42.4. The third-order valence-corrected chi connectivity index (χ3v) is 4.07. The molecule has 0 aliphatic heterocycles. The van der Waals surface area contributed by atoms with Gasteiger partial charge in [0.15, 0.2) is 0 Å². The fraction of sp³-hybridized carbons (Fsp3) is 0.654. The highest BCUT2D eigenvalue weighted by Crippen LogP contribution is 2.18. The van der Waals surface area contributed by atoms with Crippen molar-refractivity contribution in [3.05, 3.63) is 36.5 Å². The third-order valence-electron chi connectivity index (χ3n) is 4.07. The van der Waals surface area contributed by atoms with Gasteiger partial charge < -0.3 is 55.1 Å². The molecule has 0 saturated carbocycles. The molecule has 14 nitrogen and oxygen atoms in total. The number of aliphatic hydroxyl groups is 5. The van der Waals surface area contributed by atoms with E-state index >= 15 is 0 Å². The Bertz CT molecular complexity index is 552. The van der Waals surface area contributed by atoms with Crippen molar-refractivity contribution >= 4 is 17.9 Å². The lowest BCUT2D eigenvalue weighted by atomic mass is 9.88. The Balaban J connectivity index is -0.000000133. The molecule has 0 aromatic carbocycles. The van der Waals surface area contributed by atoms with Gasteiger partial charge >= 0.3 is 17.9 Å². The van der Waals surface area contributed by atoms with Crippen molar-refractivity contribution in [2.45, 2.75) is 34.1 Å². The second-order valence-corrected chi connectivity index (χ2v) is 7.87. The maximum absolute atomic E-state index is 9.60. The minimum atomic E-state index is -0.935. The molecule has 0 amide bonds. The number of carboxylic acid groups (broad SMARTS) is 3. The van der Waals surface area contributed by atoms with Crippen molar-refractivity contribution in [3.8, 4) is 0 Å². The van der Waals surface area contributed by atoms with Gasteiger partial charge in [0.05, 0.1) is 72.7 Å². The number of ether oxygens (including phenoxy) is 3. The molecule has 8 N–H and O–H groups in total. The number of hydrogen-bond donors (Lipinski definition) is 8. The largest absolute Gasteiger partial charge is 0.478 e. The number of rotatable bonds is 17. The summed E-state index contributed by atoms with van der Waals surface area (Å²) < 4.78 is 15.0. The van der Waals surface area contributed by atoms with Crippen molar-refractivity contribution in [1.29, 1.82) is 0 Å². The first kappa shape index (κ1) is 47.1. The van der Waals surface area contributed by atoms with Crippen molar-refractivity contribution in [2.75, 3.05) is 72.7 Å². The molecule has 0 rings (SSSR count). The van der Waals surface area contributed by atoms with Crippen LogP contribution in [0.15, 0.2) is 36.5 Å². The van der Waals surface area contributed by atoms with E-state index in [9.17, 15) is 14.4 Å². The SMILES string of the molecule is C=C(C)C(=O)O.C=C(C)C(=O)O.C=C(C)C(=O)O.CCC(CO)(CO)CO.OCCOCCOCCOCCO. The molecule has 14 heteroatoms. The predicted molar refractivity (Wildman–Crippen MR) is 148 cm³/mol. The van der Waals surface area contributed by atoms with E-state index in [0.717, 1.165) is 0 Å². The van der Waals surface area contributed by atoms with E-state index in [-0.39, 0.29) is 49.8 Å². The van der Waals surface area contributed by atoms with Gasteiger partial charge in [-0.1, -0.05) is 26.7 Å². The average Bonchev–Trinajstić information content (AvgIpc) is 2.90. The molecule has 0 spiro atoms. The second kappa shape index (κ2) is 34.3. The van der Waals surface area contributed by atoms with Gasteiger partial charge in [0, 0.05) is 22.1 Å². The first-order chi connectivity index (χ1) is 18.6. The number of aliphatic hydroxyl groups excluding tert-OH is 5. The van der Waals surface area contributed by atoms with Crippen LogP contribution in [0.25, 0.3) is 0 Å². The molecule has 0 radical (unpaired) electrons. The van der Waals surface area contributed by atoms with E-state index in [4.69, 9.17) is 55.1 Å². The molecule has 40 heavy (non-hydrogen) atoms. The van der Waals surface area contributed by atoms with E-state index in [1.807, 2.05) is 6.92 Å². The summed E-state index contributed by atoms with van der Waals surface area (Å²) in [5.74, 6) is -2.81. The minimum Gasteiger partial charge on any atom is -0.478 e. The van der Waals surface area contributed by atoms with E-state index in [1.54, 1.807) is 0 Å². The Hall–Kier alpha value is -2.69. The van der Waals surface area contributed by atoms with Gasteiger partial charge in [-0.05, 0) is 27.2 Å². The Morgan fingerprint density at radius 1 is 0.550 bits per heavy atom. The monoisotopic (exact) mass is 586 g/mol. The van der Waals surface area contributed by atoms with Crippen molar-refractivity contribution < 1.29 is 69.4 Å². The molecule has 238 valence electrons. The maximum Gasteiger partial charge on any atom is 0.330 e. The molecule has 0 unspecified atom stereocenters. The summed E-state index contributed by atoms with van der Waals surface area (Å²) in [4.78, 5) is 28.8. The number of aliphatic carboxylic acids is 3. The number of hydrogen-bond acceptors (Lipinski definition) is 11. The van der Waals surface area contributed by atoms with Crippen LogP contribution in [0.3, 0.4) is 0 Å². The molecule has 0 bridgehead atoms. The van der Waals surface area contributed by atoms with Crippen molar-refractivity contribution in [2.24, 2.45) is 5.41 Å². The maximum atomic E-state index is 9.60. The topological polar surface area (TPSA) is 241 Å². The molecule has 0 heterocycles. The minimum absolute atomic E-state index is 0.0413. The van der Waals surface area contributed by atoms with Gasteiger partial charge in [-0.3, -0.25) is 0 Å². The lowest BCUT2D eigenvalue weighted by Gasteiger charge is -2.24. The normalized spacial score (nSPS) is 9.53. The summed E-state index contributed by atoms with van der Waals surface area (Å²) in [6.07, 6.45) is 0.594. The van der Waals surface area contributed by atoms with Crippen LogP contribution in [0.4, 0.5) is 0 Å². The second-order valence-electron chi connectivity index (χ2n) is 7.87. The van der Waals surface area contributed by atoms with Crippen molar-refractivity contribution in [1.82, 2.24) is 0 Å². The van der Waals surface area contributed by atoms with Crippen LogP contribution in [0.2, 0.25) is 0 Å². The highest BCUT2D eigenvalue weighted by atomic mass is 16.5. The summed E-state index contributed by atoms with van der Waals surface area (Å²) in [7, 11) is 0. The number of carbonyl (C=O) groups is 3. The first-order valence-electron chi connectivity index (χ1n) is 12.0. The summed E-state index contributed by atoms with van der Waals surface area (Å²) in [6.45, 7) is 17.9. The van der Waals surface area contributed by atoms with Gasteiger partial charge in [-0.2, -0.15) is 0 Å². The lowest BCUT2D eigenvalue weighted by Crippen LogP contribution is -2.32. The van der Waals surface area contributed by atoms with E-state index in [1.165, 1.54) is 20.8 Å². The lowest BCUT2D eigenvalue weighted by molar-refractivity contribution is -0.133. The molecular formula is C26H50O14. The van der Waals surface area contributed by atoms with Gasteiger partial charge in [0.2, 0.25) is 0 Å². The molecule has 0 fully saturated rings. The molecule has 0 aromatic rings. The highest BCUT2D eigenvalue weighted by Gasteiger charge is 2.24. The van der Waals surface area contributed by atoms with Crippen LogP contribution in [-0.2, 0) is 28.6 Å². The van der Waals surface area contributed by atoms with Crippen LogP contribution in [-0.4, -0.2) is 131 Å². The Morgan fingerprint density at radius 2 is 0.750 bits per heavy atom. The molecule has 0 atom stereocenters. The van der Waals surface area contributed by atoms with Crippen LogP contribution in [0, 0.1) is 5.41 Å². The Kier molecular flexibility index (Phi) is 40.4. The van der Waals surface area contributed by atoms with Gasteiger partial charge in [0.1, 0.15) is 0 Å². The average molecular weight is 587 g/mol. The molecular weight excluding hydrogens is 536 g/mol. The smallest absolute Gasteiger partial charge is 0.330 e. The van der Waals surface area contributed by atoms with Gasteiger partial charge in [-0.25, -0.2) is 14.4 Å². The molecule has 0 saturated heterocycles. The highest BCUT2D eigenvalue weighted by molar-refractivity contribution is 5.85. The molecule has 0 aliphatic carbocycles. The zero-order valence-corrected chi connectivity index (χ0v) is 24.1. The zero-order chi connectivity index (χ0) is 32.6. The van der Waals surface area contributed by atoms with Crippen LogP contribution < -0.4 is 0 Å². The molecule has 0 aromatic heterocycles. The van der Waals surface area contributed by atoms with Gasteiger partial charge in [0.25, 0.3) is 0 Å². The van der Waals surface area contributed by atoms with Crippen LogP contribution in [0.1, 0.15) is 34.1 Å². The summed E-state index contributed by atoms with van der Waals surface area (Å²) in [6, 6.07) is 0. The number of carboxylic acids is 3. The zero-order valence-electron chi connectivity index (χ0n) is 24.1. The fourth-order valence-electron chi connectivity index (χ4n) is 1.16. The summed E-state index contributed by atoms with van der Waals surface area (Å²) in [5.41, 5.74) is -0.139. The van der Waals surface area contributed by atoms with Crippen LogP contribution >= 0.6 is 0 Å². The quantitative estimate of drug-likeness (QED) is 0.0846.